The zero-order valence-electron chi connectivity index (χ0n) is 14.3. The van der Waals surface area contributed by atoms with E-state index in [1.165, 1.54) is 0 Å². The van der Waals surface area contributed by atoms with Crippen molar-refractivity contribution in [2.45, 2.75) is 51.0 Å². The van der Waals surface area contributed by atoms with Crippen LogP contribution in [0, 0.1) is 0 Å². The van der Waals surface area contributed by atoms with Gasteiger partial charge in [-0.2, -0.15) is 0 Å². The van der Waals surface area contributed by atoms with Crippen molar-refractivity contribution >= 4 is 11.8 Å². The second-order valence-electron chi connectivity index (χ2n) is 6.92. The molecule has 2 amide bonds. The van der Waals surface area contributed by atoms with Gasteiger partial charge in [-0.3, -0.25) is 9.59 Å². The maximum atomic E-state index is 13.1. The molecule has 0 bridgehead atoms. The molecule has 1 spiro atoms. The van der Waals surface area contributed by atoms with E-state index in [9.17, 15) is 14.7 Å². The van der Waals surface area contributed by atoms with Gasteiger partial charge in [-0.05, 0) is 49.8 Å². The third-order valence-electron chi connectivity index (χ3n) is 5.25. The fourth-order valence-electron chi connectivity index (χ4n) is 4.21. The van der Waals surface area contributed by atoms with E-state index < -0.39 is 5.54 Å². The van der Waals surface area contributed by atoms with Crippen LogP contribution in [0.15, 0.2) is 24.3 Å². The molecule has 0 aromatic heterocycles. The maximum absolute atomic E-state index is 13.1. The molecule has 0 aliphatic carbocycles. The van der Waals surface area contributed by atoms with Crippen LogP contribution in [0.5, 0.6) is 5.75 Å². The minimum atomic E-state index is -0.624. The summed E-state index contributed by atoms with van der Waals surface area (Å²) in [4.78, 5) is 29.7. The first-order chi connectivity index (χ1) is 11.6. The standard InChI is InChI=1S/C19H26N2O3/c1-2-10-20-11-4-8-19(18(20)24)9-5-12-21(19)17(23)14-15-6-3-7-16(22)13-15/h3,6-7,13,22H,2,4-5,8-12,14H2,1H3. The Hall–Kier alpha value is -2.04. The van der Waals surface area contributed by atoms with Crippen LogP contribution in [-0.2, 0) is 16.0 Å². The largest absolute Gasteiger partial charge is 0.508 e. The highest BCUT2D eigenvalue weighted by Crippen LogP contribution is 2.38. The Balaban J connectivity index is 1.79. The van der Waals surface area contributed by atoms with E-state index in [1.807, 2.05) is 15.9 Å². The Kier molecular flexibility index (Phi) is 4.78. The van der Waals surface area contributed by atoms with Crippen molar-refractivity contribution in [3.05, 3.63) is 29.8 Å². The molecule has 1 atom stereocenters. The number of nitrogens with zero attached hydrogens (tertiary/aromatic N) is 2. The highest BCUT2D eigenvalue weighted by Gasteiger charge is 2.52. The predicted molar refractivity (Wildman–Crippen MR) is 91.6 cm³/mol. The Morgan fingerprint density at radius 1 is 1.25 bits per heavy atom. The fourth-order valence-corrected chi connectivity index (χ4v) is 4.21. The van der Waals surface area contributed by atoms with Gasteiger partial charge in [-0.1, -0.05) is 19.1 Å². The number of phenols is 1. The van der Waals surface area contributed by atoms with Crippen LogP contribution in [-0.4, -0.2) is 51.9 Å². The molecule has 0 saturated carbocycles. The van der Waals surface area contributed by atoms with Crippen molar-refractivity contribution in [2.24, 2.45) is 0 Å². The van der Waals surface area contributed by atoms with E-state index in [4.69, 9.17) is 0 Å². The van der Waals surface area contributed by atoms with Crippen molar-refractivity contribution in [3.63, 3.8) is 0 Å². The van der Waals surface area contributed by atoms with E-state index in [2.05, 4.69) is 6.92 Å². The Bertz CT molecular complexity index is 629. The van der Waals surface area contributed by atoms with Gasteiger partial charge >= 0.3 is 0 Å². The molecule has 2 saturated heterocycles. The lowest BCUT2D eigenvalue weighted by Crippen LogP contribution is -2.61. The second-order valence-corrected chi connectivity index (χ2v) is 6.92. The highest BCUT2D eigenvalue weighted by molar-refractivity contribution is 5.93. The summed E-state index contributed by atoms with van der Waals surface area (Å²) in [6, 6.07) is 6.80. The van der Waals surface area contributed by atoms with E-state index in [0.29, 0.717) is 6.54 Å². The molecule has 130 valence electrons. The summed E-state index contributed by atoms with van der Waals surface area (Å²) >= 11 is 0. The summed E-state index contributed by atoms with van der Waals surface area (Å²) in [7, 11) is 0. The summed E-state index contributed by atoms with van der Waals surface area (Å²) < 4.78 is 0. The van der Waals surface area contributed by atoms with Crippen LogP contribution in [0.2, 0.25) is 0 Å². The molecule has 0 radical (unpaired) electrons. The van der Waals surface area contributed by atoms with Crippen LogP contribution >= 0.6 is 0 Å². The SMILES string of the molecule is CCCN1CCCC2(CCCN2C(=O)Cc2cccc(O)c2)C1=O. The van der Waals surface area contributed by atoms with Gasteiger partial charge in [0.1, 0.15) is 11.3 Å². The molecule has 1 N–H and O–H groups in total. The normalized spacial score (nSPS) is 24.0. The Morgan fingerprint density at radius 2 is 2.00 bits per heavy atom. The van der Waals surface area contributed by atoms with Gasteiger partial charge in [0.25, 0.3) is 0 Å². The van der Waals surface area contributed by atoms with Crippen molar-refractivity contribution in [1.29, 1.82) is 0 Å². The molecular weight excluding hydrogens is 304 g/mol. The number of carbonyl (C=O) groups is 2. The zero-order chi connectivity index (χ0) is 17.2. The quantitative estimate of drug-likeness (QED) is 0.922. The van der Waals surface area contributed by atoms with Crippen LogP contribution in [0.4, 0.5) is 0 Å². The molecule has 1 unspecified atom stereocenters. The summed E-state index contributed by atoms with van der Waals surface area (Å²) in [5.74, 6) is 0.293. The molecule has 2 heterocycles. The summed E-state index contributed by atoms with van der Waals surface area (Å²) in [5.41, 5.74) is 0.164. The van der Waals surface area contributed by atoms with Crippen LogP contribution in [0.25, 0.3) is 0 Å². The van der Waals surface area contributed by atoms with Gasteiger partial charge in [0, 0.05) is 19.6 Å². The molecule has 2 aliphatic heterocycles. The van der Waals surface area contributed by atoms with E-state index in [-0.39, 0.29) is 24.0 Å². The van der Waals surface area contributed by atoms with Gasteiger partial charge in [-0.25, -0.2) is 0 Å². The van der Waals surface area contributed by atoms with Crippen molar-refractivity contribution in [3.8, 4) is 5.75 Å². The minimum absolute atomic E-state index is 0.00945. The fraction of sp³-hybridized carbons (Fsp3) is 0.579. The van der Waals surface area contributed by atoms with E-state index in [0.717, 1.165) is 50.8 Å². The monoisotopic (exact) mass is 330 g/mol. The number of carbonyl (C=O) groups excluding carboxylic acids is 2. The lowest BCUT2D eigenvalue weighted by molar-refractivity contribution is -0.155. The Morgan fingerprint density at radius 3 is 2.71 bits per heavy atom. The van der Waals surface area contributed by atoms with Gasteiger partial charge in [0.05, 0.1) is 6.42 Å². The lowest BCUT2D eigenvalue weighted by Gasteiger charge is -2.44. The number of piperidine rings is 1. The number of aromatic hydroxyl groups is 1. The van der Waals surface area contributed by atoms with E-state index in [1.54, 1.807) is 18.2 Å². The lowest BCUT2D eigenvalue weighted by atomic mass is 9.85. The van der Waals surface area contributed by atoms with Gasteiger partial charge in [0.2, 0.25) is 11.8 Å². The third kappa shape index (κ3) is 2.99. The second kappa shape index (κ2) is 6.83. The molecule has 2 fully saturated rings. The molecule has 3 rings (SSSR count). The number of amides is 2. The summed E-state index contributed by atoms with van der Waals surface area (Å²) in [5, 5.41) is 9.58. The first-order valence-electron chi connectivity index (χ1n) is 8.94. The first-order valence-corrected chi connectivity index (χ1v) is 8.94. The van der Waals surface area contributed by atoms with E-state index >= 15 is 0 Å². The smallest absolute Gasteiger partial charge is 0.248 e. The van der Waals surface area contributed by atoms with Crippen LogP contribution < -0.4 is 0 Å². The number of benzene rings is 1. The number of likely N-dealkylation sites (tertiary alicyclic amines) is 2. The maximum Gasteiger partial charge on any atom is 0.248 e. The van der Waals surface area contributed by atoms with Crippen molar-refractivity contribution in [2.75, 3.05) is 19.6 Å². The molecular formula is C19H26N2O3. The van der Waals surface area contributed by atoms with Gasteiger partial charge < -0.3 is 14.9 Å². The average Bonchev–Trinajstić information content (AvgIpc) is 2.97. The first kappa shape index (κ1) is 16.8. The van der Waals surface area contributed by atoms with Gasteiger partial charge in [0.15, 0.2) is 0 Å². The predicted octanol–water partition coefficient (Wildman–Crippen LogP) is 2.33. The highest BCUT2D eigenvalue weighted by atomic mass is 16.3. The molecule has 5 nitrogen and oxygen atoms in total. The zero-order valence-corrected chi connectivity index (χ0v) is 14.3. The summed E-state index contributed by atoms with van der Waals surface area (Å²) in [6.07, 6.45) is 4.57. The molecule has 1 aromatic rings. The molecule has 2 aliphatic rings. The van der Waals surface area contributed by atoms with Crippen molar-refractivity contribution < 1.29 is 14.7 Å². The number of hydrogen-bond acceptors (Lipinski definition) is 3. The Labute approximate surface area is 143 Å². The number of rotatable bonds is 4. The van der Waals surface area contributed by atoms with Crippen LogP contribution in [0.3, 0.4) is 0 Å². The number of phenolic OH excluding ortho intramolecular Hbond substituents is 1. The van der Waals surface area contributed by atoms with Gasteiger partial charge in [-0.15, -0.1) is 0 Å². The molecule has 24 heavy (non-hydrogen) atoms. The average molecular weight is 330 g/mol. The minimum Gasteiger partial charge on any atom is -0.508 e. The van der Waals surface area contributed by atoms with Crippen molar-refractivity contribution in [1.82, 2.24) is 9.80 Å². The number of hydrogen-bond donors (Lipinski definition) is 1. The third-order valence-corrected chi connectivity index (χ3v) is 5.25. The van der Waals surface area contributed by atoms with Crippen LogP contribution in [0.1, 0.15) is 44.6 Å². The molecule has 1 aromatic carbocycles. The molecule has 5 heteroatoms. The topological polar surface area (TPSA) is 60.9 Å². The summed E-state index contributed by atoms with van der Waals surface area (Å²) in [6.45, 7) is 4.32.